The molecule has 0 spiro atoms. The number of H-pyrrole nitrogens is 1. The van der Waals surface area contributed by atoms with Crippen molar-refractivity contribution < 1.29 is 5.82 Å². The first kappa shape index (κ1) is 19.8. The van der Waals surface area contributed by atoms with Gasteiger partial charge in [-0.05, 0) is 48.9 Å². The number of piperidine rings is 1. The summed E-state index contributed by atoms with van der Waals surface area (Å²) in [5, 5.41) is 7.85. The number of aromatic nitrogens is 4. The van der Waals surface area contributed by atoms with Gasteiger partial charge in [0.2, 0.25) is 0 Å². The zero-order valence-electron chi connectivity index (χ0n) is 17.1. The van der Waals surface area contributed by atoms with Gasteiger partial charge in [-0.15, -0.1) is 0 Å². The maximum Gasteiger partial charge on any atom is 0.181 e. The molecule has 0 amide bonds. The standard InChI is InChI=1S/C22H29FN6.H2/c1-3-14(4-2)19(24)15-7-6-12-29(13-15)18-10-9-17(23)21(26-18)20-16-8-5-11-25-22(16)28-27-20;/h5,8-11,14-15,19H,3-4,6-7,12-13,24H2,1-2H3,(H,25,27,28);1H. The summed E-state index contributed by atoms with van der Waals surface area (Å²) < 4.78 is 14.7. The van der Waals surface area contributed by atoms with E-state index in [9.17, 15) is 4.39 Å². The van der Waals surface area contributed by atoms with Crippen molar-refractivity contribution in [2.75, 3.05) is 18.0 Å². The first-order chi connectivity index (χ1) is 14.1. The second kappa shape index (κ2) is 8.45. The van der Waals surface area contributed by atoms with Gasteiger partial charge in [0, 0.05) is 32.1 Å². The molecule has 0 saturated carbocycles. The summed E-state index contributed by atoms with van der Waals surface area (Å²) in [6, 6.07) is 7.14. The third-order valence-corrected chi connectivity index (χ3v) is 6.32. The van der Waals surface area contributed by atoms with Crippen molar-refractivity contribution in [2.45, 2.75) is 45.6 Å². The van der Waals surface area contributed by atoms with Gasteiger partial charge in [0.1, 0.15) is 11.5 Å². The molecule has 4 rings (SSSR count). The molecule has 4 heterocycles. The molecular weight excluding hydrogens is 367 g/mol. The van der Waals surface area contributed by atoms with E-state index in [1.165, 1.54) is 6.07 Å². The van der Waals surface area contributed by atoms with Crippen LogP contribution in [0.15, 0.2) is 30.5 Å². The van der Waals surface area contributed by atoms with Crippen molar-refractivity contribution in [3.05, 3.63) is 36.3 Å². The van der Waals surface area contributed by atoms with Crippen molar-refractivity contribution in [2.24, 2.45) is 17.6 Å². The fourth-order valence-corrected chi connectivity index (χ4v) is 4.56. The molecule has 3 aromatic heterocycles. The third-order valence-electron chi connectivity index (χ3n) is 6.32. The Balaban J connectivity index is 0.00000256. The zero-order chi connectivity index (χ0) is 20.4. The second-order valence-electron chi connectivity index (χ2n) is 7.98. The van der Waals surface area contributed by atoms with E-state index in [1.54, 1.807) is 12.3 Å². The lowest BCUT2D eigenvalue weighted by Crippen LogP contribution is -2.47. The lowest BCUT2D eigenvalue weighted by Gasteiger charge is -2.38. The molecule has 1 fully saturated rings. The quantitative estimate of drug-likeness (QED) is 0.643. The zero-order valence-corrected chi connectivity index (χ0v) is 17.1. The first-order valence-corrected chi connectivity index (χ1v) is 10.6. The minimum absolute atomic E-state index is 0. The van der Waals surface area contributed by atoms with Crippen LogP contribution in [0.2, 0.25) is 0 Å². The van der Waals surface area contributed by atoms with E-state index in [0.717, 1.165) is 50.0 Å². The highest BCUT2D eigenvalue weighted by molar-refractivity contribution is 5.89. The van der Waals surface area contributed by atoms with Crippen LogP contribution in [0.25, 0.3) is 22.4 Å². The monoisotopic (exact) mass is 398 g/mol. The van der Waals surface area contributed by atoms with Crippen LogP contribution in [0.5, 0.6) is 0 Å². The van der Waals surface area contributed by atoms with Crippen LogP contribution in [-0.2, 0) is 0 Å². The van der Waals surface area contributed by atoms with Crippen LogP contribution in [0.3, 0.4) is 0 Å². The number of nitrogens with two attached hydrogens (primary N) is 1. The van der Waals surface area contributed by atoms with Gasteiger partial charge < -0.3 is 10.6 Å². The predicted octanol–water partition coefficient (Wildman–Crippen LogP) is 4.38. The van der Waals surface area contributed by atoms with Gasteiger partial charge in [0.25, 0.3) is 0 Å². The number of nitrogens with one attached hydrogen (secondary N) is 1. The molecule has 0 aliphatic carbocycles. The molecule has 1 saturated heterocycles. The van der Waals surface area contributed by atoms with Crippen molar-refractivity contribution in [3.63, 3.8) is 0 Å². The normalized spacial score (nSPS) is 18.5. The Kier molecular flexibility index (Phi) is 5.76. The second-order valence-corrected chi connectivity index (χ2v) is 7.98. The molecule has 3 aromatic rings. The topological polar surface area (TPSA) is 83.7 Å². The lowest BCUT2D eigenvalue weighted by atomic mass is 9.81. The third kappa shape index (κ3) is 3.83. The van der Waals surface area contributed by atoms with Crippen molar-refractivity contribution in [1.82, 2.24) is 20.2 Å². The van der Waals surface area contributed by atoms with E-state index in [4.69, 9.17) is 5.73 Å². The van der Waals surface area contributed by atoms with Crippen LogP contribution < -0.4 is 10.6 Å². The van der Waals surface area contributed by atoms with Gasteiger partial charge in [-0.3, -0.25) is 5.10 Å². The fourth-order valence-electron chi connectivity index (χ4n) is 4.56. The largest absolute Gasteiger partial charge is 0.356 e. The summed E-state index contributed by atoms with van der Waals surface area (Å²) in [7, 11) is 0. The smallest absolute Gasteiger partial charge is 0.181 e. The highest BCUT2D eigenvalue weighted by Crippen LogP contribution is 2.31. The molecule has 0 bridgehead atoms. The molecule has 1 aliphatic rings. The number of rotatable bonds is 6. The number of pyridine rings is 2. The molecule has 29 heavy (non-hydrogen) atoms. The average molecular weight is 399 g/mol. The maximum atomic E-state index is 14.7. The Hall–Kier alpha value is -2.54. The molecule has 2 unspecified atom stereocenters. The van der Waals surface area contributed by atoms with E-state index >= 15 is 0 Å². The molecule has 1 aliphatic heterocycles. The Morgan fingerprint density at radius 2 is 2.14 bits per heavy atom. The van der Waals surface area contributed by atoms with Crippen LogP contribution in [-0.4, -0.2) is 39.3 Å². The number of halogens is 1. The summed E-state index contributed by atoms with van der Waals surface area (Å²) in [4.78, 5) is 11.1. The summed E-state index contributed by atoms with van der Waals surface area (Å²) in [5.74, 6) is 1.39. The molecule has 2 atom stereocenters. The van der Waals surface area contributed by atoms with Gasteiger partial charge >= 0.3 is 0 Å². The van der Waals surface area contributed by atoms with E-state index in [2.05, 4.69) is 38.9 Å². The number of hydrogen-bond donors (Lipinski definition) is 2. The van der Waals surface area contributed by atoms with Crippen molar-refractivity contribution in [1.29, 1.82) is 0 Å². The summed E-state index contributed by atoms with van der Waals surface area (Å²) >= 11 is 0. The highest BCUT2D eigenvalue weighted by Gasteiger charge is 2.29. The number of aromatic amines is 1. The van der Waals surface area contributed by atoms with E-state index in [-0.39, 0.29) is 19.0 Å². The predicted molar refractivity (Wildman–Crippen MR) is 116 cm³/mol. The lowest BCUT2D eigenvalue weighted by molar-refractivity contribution is 0.261. The molecule has 3 N–H and O–H groups in total. The first-order valence-electron chi connectivity index (χ1n) is 10.6. The Morgan fingerprint density at radius 3 is 2.93 bits per heavy atom. The molecule has 0 radical (unpaired) electrons. The van der Waals surface area contributed by atoms with E-state index in [0.29, 0.717) is 23.2 Å². The highest BCUT2D eigenvalue weighted by atomic mass is 19.1. The molecule has 0 aromatic carbocycles. The summed E-state index contributed by atoms with van der Waals surface area (Å²) in [6.07, 6.45) is 6.09. The van der Waals surface area contributed by atoms with Crippen molar-refractivity contribution in [3.8, 4) is 11.4 Å². The number of fused-ring (bicyclic) bond motifs is 1. The van der Waals surface area contributed by atoms with Gasteiger partial charge in [0.15, 0.2) is 11.5 Å². The van der Waals surface area contributed by atoms with Crippen LogP contribution >= 0.6 is 0 Å². The molecule has 6 nitrogen and oxygen atoms in total. The summed E-state index contributed by atoms with van der Waals surface area (Å²) in [5.41, 5.74) is 8.03. The maximum absolute atomic E-state index is 14.7. The van der Waals surface area contributed by atoms with Crippen LogP contribution in [0.4, 0.5) is 10.2 Å². The van der Waals surface area contributed by atoms with E-state index < -0.39 is 0 Å². The van der Waals surface area contributed by atoms with Gasteiger partial charge in [-0.25, -0.2) is 14.4 Å². The van der Waals surface area contributed by atoms with E-state index in [1.807, 2.05) is 12.1 Å². The summed E-state index contributed by atoms with van der Waals surface area (Å²) in [6.45, 7) is 6.20. The number of anilines is 1. The Labute approximate surface area is 172 Å². The number of hydrogen-bond acceptors (Lipinski definition) is 5. The average Bonchev–Trinajstić information content (AvgIpc) is 3.19. The van der Waals surface area contributed by atoms with Gasteiger partial charge in [-0.1, -0.05) is 26.7 Å². The van der Waals surface area contributed by atoms with Crippen LogP contribution in [0.1, 0.15) is 41.0 Å². The van der Waals surface area contributed by atoms with Gasteiger partial charge in [0.05, 0.1) is 5.69 Å². The minimum atomic E-state index is -0.370. The Bertz CT molecular complexity index is 973. The Morgan fingerprint density at radius 1 is 1.31 bits per heavy atom. The molecular formula is C22H31FN6. The SMILES string of the molecule is CCC(CC)C(N)C1CCCN(c2ccc(F)c(-c3[nH]nc4ncccc34)n2)C1.[HH]. The minimum Gasteiger partial charge on any atom is -0.356 e. The molecule has 7 heteroatoms. The van der Waals surface area contributed by atoms with Crippen molar-refractivity contribution >= 4 is 16.9 Å². The van der Waals surface area contributed by atoms with Crippen LogP contribution in [0, 0.1) is 17.7 Å². The van der Waals surface area contributed by atoms with Gasteiger partial charge in [-0.2, -0.15) is 5.10 Å². The number of nitrogens with zero attached hydrogens (tertiary/aromatic N) is 4. The molecule has 156 valence electrons. The fraction of sp³-hybridized carbons (Fsp3) is 0.500.